The van der Waals surface area contributed by atoms with Gasteiger partial charge in [-0.3, -0.25) is 14.4 Å². The van der Waals surface area contributed by atoms with Gasteiger partial charge in [0.2, 0.25) is 11.8 Å². The fourth-order valence-electron chi connectivity index (χ4n) is 2.96. The molecule has 2 amide bonds. The van der Waals surface area contributed by atoms with Gasteiger partial charge in [-0.25, -0.2) is 0 Å². The zero-order valence-electron chi connectivity index (χ0n) is 15.8. The molecule has 0 saturated carbocycles. The first-order valence-electron chi connectivity index (χ1n) is 8.46. The van der Waals surface area contributed by atoms with Crippen molar-refractivity contribution >= 4 is 29.0 Å². The lowest BCUT2D eigenvalue weighted by atomic mass is 10.1. The van der Waals surface area contributed by atoms with Gasteiger partial charge in [0.25, 0.3) is 0 Å². The molecule has 0 unspecified atom stereocenters. The number of carbonyl (C=O) groups excluding carboxylic acids is 3. The maximum atomic E-state index is 12.5. The van der Waals surface area contributed by atoms with Gasteiger partial charge in [-0.05, 0) is 63.1 Å². The smallest absolute Gasteiger partial charge is 0.244 e. The average molecular weight is 352 g/mol. The molecule has 5 heteroatoms. The highest BCUT2D eigenvalue weighted by Crippen LogP contribution is 2.22. The second-order valence-corrected chi connectivity index (χ2v) is 6.53. The third-order valence-corrected chi connectivity index (χ3v) is 4.21. The molecule has 0 atom stereocenters. The molecule has 0 bridgehead atoms. The van der Waals surface area contributed by atoms with Gasteiger partial charge in [-0.2, -0.15) is 0 Å². The fraction of sp³-hybridized carbons (Fsp3) is 0.286. The first-order chi connectivity index (χ1) is 12.2. The van der Waals surface area contributed by atoms with Crippen LogP contribution in [0.25, 0.3) is 0 Å². The largest absolute Gasteiger partial charge is 0.324 e. The minimum absolute atomic E-state index is 0.0472. The normalized spacial score (nSPS) is 10.3. The molecule has 2 aromatic rings. The molecule has 26 heavy (non-hydrogen) atoms. The van der Waals surface area contributed by atoms with Gasteiger partial charge in [0.1, 0.15) is 6.54 Å². The van der Waals surface area contributed by atoms with E-state index < -0.39 is 0 Å². The van der Waals surface area contributed by atoms with Gasteiger partial charge in [-0.1, -0.05) is 17.7 Å². The number of amides is 2. The number of Topliss-reactive ketones (excluding diaryl/α,β-unsaturated/α-hetero) is 1. The molecular weight excluding hydrogens is 328 g/mol. The Hall–Kier alpha value is -2.95. The highest BCUT2D eigenvalue weighted by atomic mass is 16.2. The van der Waals surface area contributed by atoms with Crippen LogP contribution in [-0.4, -0.2) is 24.1 Å². The molecule has 0 heterocycles. The van der Waals surface area contributed by atoms with Crippen LogP contribution in [0.2, 0.25) is 0 Å². The number of ketones is 1. The average Bonchev–Trinajstić information content (AvgIpc) is 2.55. The molecule has 0 spiro atoms. The fourth-order valence-corrected chi connectivity index (χ4v) is 2.96. The first-order valence-corrected chi connectivity index (χ1v) is 8.46. The minimum Gasteiger partial charge on any atom is -0.324 e. The van der Waals surface area contributed by atoms with Gasteiger partial charge in [0.15, 0.2) is 5.78 Å². The van der Waals surface area contributed by atoms with Crippen molar-refractivity contribution in [3.63, 3.8) is 0 Å². The van der Waals surface area contributed by atoms with E-state index in [1.807, 2.05) is 32.9 Å². The second kappa shape index (κ2) is 7.95. The number of nitrogens with zero attached hydrogens (tertiary/aromatic N) is 1. The molecular formula is C21H24N2O3. The molecule has 0 aliphatic rings. The van der Waals surface area contributed by atoms with Crippen molar-refractivity contribution in [3.05, 3.63) is 58.7 Å². The number of rotatable bonds is 5. The molecule has 136 valence electrons. The van der Waals surface area contributed by atoms with E-state index in [1.165, 1.54) is 18.7 Å². The summed E-state index contributed by atoms with van der Waals surface area (Å²) in [6.45, 7) is 8.69. The summed E-state index contributed by atoms with van der Waals surface area (Å²) in [5.74, 6) is -0.562. The molecule has 0 saturated heterocycles. The maximum absolute atomic E-state index is 12.5. The molecule has 2 rings (SSSR count). The lowest BCUT2D eigenvalue weighted by Crippen LogP contribution is -2.36. The molecule has 0 aliphatic heterocycles. The van der Waals surface area contributed by atoms with Crippen molar-refractivity contribution in [3.8, 4) is 0 Å². The van der Waals surface area contributed by atoms with Crippen LogP contribution < -0.4 is 10.2 Å². The molecule has 0 aliphatic carbocycles. The van der Waals surface area contributed by atoms with Gasteiger partial charge in [0.05, 0.1) is 0 Å². The number of hydrogen-bond acceptors (Lipinski definition) is 3. The summed E-state index contributed by atoms with van der Waals surface area (Å²) >= 11 is 0. The summed E-state index contributed by atoms with van der Waals surface area (Å²) in [5, 5.41) is 2.90. The van der Waals surface area contributed by atoms with Crippen molar-refractivity contribution < 1.29 is 14.4 Å². The third-order valence-electron chi connectivity index (χ3n) is 4.21. The van der Waals surface area contributed by atoms with E-state index in [4.69, 9.17) is 0 Å². The predicted octanol–water partition coefficient (Wildman–Crippen LogP) is 3.81. The third kappa shape index (κ3) is 4.57. The first kappa shape index (κ1) is 19.4. The van der Waals surface area contributed by atoms with Crippen LogP contribution in [0.3, 0.4) is 0 Å². The van der Waals surface area contributed by atoms with E-state index in [1.54, 1.807) is 24.3 Å². The number of anilines is 2. The summed E-state index contributed by atoms with van der Waals surface area (Å²) in [4.78, 5) is 37.3. The Labute approximate surface area is 154 Å². The van der Waals surface area contributed by atoms with Gasteiger partial charge < -0.3 is 10.2 Å². The van der Waals surface area contributed by atoms with Crippen molar-refractivity contribution in [2.75, 3.05) is 16.8 Å². The van der Waals surface area contributed by atoms with Gasteiger partial charge >= 0.3 is 0 Å². The number of hydrogen-bond donors (Lipinski definition) is 1. The predicted molar refractivity (Wildman–Crippen MR) is 104 cm³/mol. The van der Waals surface area contributed by atoms with Crippen LogP contribution in [0, 0.1) is 20.8 Å². The summed E-state index contributed by atoms with van der Waals surface area (Å²) in [6.07, 6.45) is 0. The Balaban J connectivity index is 2.19. The second-order valence-electron chi connectivity index (χ2n) is 6.53. The standard InChI is InChI=1S/C21H24N2O3/c1-13-10-14(2)21(15(3)11-13)22-20(26)12-23(17(5)25)19-8-6-18(7-9-19)16(4)24/h6-11H,12H2,1-5H3,(H,22,26). The zero-order chi connectivity index (χ0) is 19.4. The Kier molecular flexibility index (Phi) is 5.93. The van der Waals surface area contributed by atoms with E-state index in [9.17, 15) is 14.4 Å². The minimum atomic E-state index is -0.272. The van der Waals surface area contributed by atoms with E-state index >= 15 is 0 Å². The van der Waals surface area contributed by atoms with Crippen LogP contribution in [0.4, 0.5) is 11.4 Å². The van der Waals surface area contributed by atoms with Crippen LogP contribution in [0.1, 0.15) is 40.9 Å². The van der Waals surface area contributed by atoms with Gasteiger partial charge in [-0.15, -0.1) is 0 Å². The Bertz CT molecular complexity index is 831. The van der Waals surface area contributed by atoms with Crippen molar-refractivity contribution in [2.45, 2.75) is 34.6 Å². The molecule has 1 N–H and O–H groups in total. The van der Waals surface area contributed by atoms with Crippen molar-refractivity contribution in [1.82, 2.24) is 0 Å². The Morgan fingerprint density at radius 1 is 0.923 bits per heavy atom. The molecule has 2 aromatic carbocycles. The number of carbonyl (C=O) groups is 3. The zero-order valence-corrected chi connectivity index (χ0v) is 15.8. The summed E-state index contributed by atoms with van der Waals surface area (Å²) in [7, 11) is 0. The van der Waals surface area contributed by atoms with E-state index in [0.29, 0.717) is 11.3 Å². The number of aryl methyl sites for hydroxylation is 3. The number of benzene rings is 2. The Morgan fingerprint density at radius 3 is 1.92 bits per heavy atom. The highest BCUT2D eigenvalue weighted by Gasteiger charge is 2.17. The van der Waals surface area contributed by atoms with E-state index in [2.05, 4.69) is 5.32 Å². The quantitative estimate of drug-likeness (QED) is 0.832. The lowest BCUT2D eigenvalue weighted by Gasteiger charge is -2.22. The summed E-state index contributed by atoms with van der Waals surface area (Å²) < 4.78 is 0. The van der Waals surface area contributed by atoms with Crippen molar-refractivity contribution in [1.29, 1.82) is 0 Å². The maximum Gasteiger partial charge on any atom is 0.244 e. The lowest BCUT2D eigenvalue weighted by molar-refractivity contribution is -0.120. The molecule has 0 aromatic heterocycles. The Morgan fingerprint density at radius 2 is 1.46 bits per heavy atom. The van der Waals surface area contributed by atoms with E-state index in [-0.39, 0.29) is 24.1 Å². The van der Waals surface area contributed by atoms with Crippen LogP contribution >= 0.6 is 0 Å². The highest BCUT2D eigenvalue weighted by molar-refractivity contribution is 6.02. The topological polar surface area (TPSA) is 66.5 Å². The molecule has 5 nitrogen and oxygen atoms in total. The summed E-state index contributed by atoms with van der Waals surface area (Å²) in [5.41, 5.74) is 5.01. The molecule has 0 fully saturated rings. The van der Waals surface area contributed by atoms with Crippen LogP contribution in [0.5, 0.6) is 0 Å². The summed E-state index contributed by atoms with van der Waals surface area (Å²) in [6, 6.07) is 10.7. The number of nitrogens with one attached hydrogen (secondary N) is 1. The van der Waals surface area contributed by atoms with E-state index in [0.717, 1.165) is 22.4 Å². The monoisotopic (exact) mass is 352 g/mol. The van der Waals surface area contributed by atoms with Crippen LogP contribution in [-0.2, 0) is 9.59 Å². The van der Waals surface area contributed by atoms with Crippen molar-refractivity contribution in [2.24, 2.45) is 0 Å². The molecule has 0 radical (unpaired) electrons. The van der Waals surface area contributed by atoms with Crippen LogP contribution in [0.15, 0.2) is 36.4 Å². The SMILES string of the molecule is CC(=O)c1ccc(N(CC(=O)Nc2c(C)cc(C)cc2C)C(C)=O)cc1. The van der Waals surface area contributed by atoms with Gasteiger partial charge in [0, 0.05) is 23.9 Å².